The van der Waals surface area contributed by atoms with E-state index >= 15 is 0 Å². The smallest absolute Gasteiger partial charge is 0.288 e. The lowest BCUT2D eigenvalue weighted by atomic mass is 10.1. The summed E-state index contributed by atoms with van der Waals surface area (Å²) in [5, 5.41) is 34.5. The van der Waals surface area contributed by atoms with Crippen LogP contribution in [-0.2, 0) is 13.2 Å². The van der Waals surface area contributed by atoms with Gasteiger partial charge in [-0.2, -0.15) is 4.57 Å². The van der Waals surface area contributed by atoms with Crippen molar-refractivity contribution in [2.75, 3.05) is 0 Å². The highest BCUT2D eigenvalue weighted by atomic mass is 32.1. The number of non-ortho nitro benzene ring substituents is 1. The number of thiocarbonyl (C=S) groups is 1. The normalized spacial score (nSPS) is 11.6. The number of pyridine rings is 1. The van der Waals surface area contributed by atoms with Gasteiger partial charge in [0.05, 0.1) is 24.3 Å². The zero-order chi connectivity index (χ0) is 20.8. The van der Waals surface area contributed by atoms with Crippen molar-refractivity contribution in [1.29, 1.82) is 0 Å². The number of furan rings is 1. The average Bonchev–Trinajstić information content (AvgIpc) is 3.26. The number of nitrogens with zero attached hydrogens (tertiary/aromatic N) is 2. The predicted molar refractivity (Wildman–Crippen MR) is 110 cm³/mol. The minimum absolute atomic E-state index is 0.156. The summed E-state index contributed by atoms with van der Waals surface area (Å²) >= 11 is 5.48. The Balaban J connectivity index is 2.05. The van der Waals surface area contributed by atoms with Crippen LogP contribution in [0.4, 0.5) is 5.69 Å². The zero-order valence-corrected chi connectivity index (χ0v) is 16.0. The highest BCUT2D eigenvalue weighted by Gasteiger charge is 2.25. The maximum absolute atomic E-state index is 11.1. The van der Waals surface area contributed by atoms with Gasteiger partial charge >= 0.3 is 0 Å². The number of aliphatic hydroxyl groups is 2. The van der Waals surface area contributed by atoms with Gasteiger partial charge in [0, 0.05) is 29.3 Å². The molecule has 0 spiro atoms. The van der Waals surface area contributed by atoms with E-state index in [0.29, 0.717) is 11.3 Å². The molecule has 3 aromatic rings. The third-order valence-electron chi connectivity index (χ3n) is 4.08. The van der Waals surface area contributed by atoms with Crippen molar-refractivity contribution < 1.29 is 24.1 Å². The number of hydrogen-bond acceptors (Lipinski definition) is 6. The molecule has 0 saturated heterocycles. The molecule has 0 saturated carbocycles. The van der Waals surface area contributed by atoms with E-state index in [0.717, 1.165) is 0 Å². The molecule has 2 aromatic heterocycles. The van der Waals surface area contributed by atoms with Crippen molar-refractivity contribution in [3.8, 4) is 0 Å². The van der Waals surface area contributed by atoms with Gasteiger partial charge in [-0.3, -0.25) is 10.1 Å². The molecule has 0 atom stereocenters. The minimum atomic E-state index is -0.538. The van der Waals surface area contributed by atoms with Crippen LogP contribution in [0.3, 0.4) is 0 Å². The minimum Gasteiger partial charge on any atom is -0.502 e. The summed E-state index contributed by atoms with van der Waals surface area (Å²) in [5.41, 5.74) is 0.892. The van der Waals surface area contributed by atoms with Gasteiger partial charge in [0.25, 0.3) is 11.4 Å². The molecule has 29 heavy (non-hydrogen) atoms. The van der Waals surface area contributed by atoms with Crippen LogP contribution in [0.1, 0.15) is 16.9 Å². The van der Waals surface area contributed by atoms with E-state index in [1.165, 1.54) is 24.5 Å². The van der Waals surface area contributed by atoms with Crippen molar-refractivity contribution in [2.24, 2.45) is 0 Å². The molecule has 9 heteroatoms. The van der Waals surface area contributed by atoms with Crippen LogP contribution in [0, 0.1) is 10.1 Å². The number of benzene rings is 1. The molecule has 0 radical (unpaired) electrons. The Morgan fingerprint density at radius 2 is 2.07 bits per heavy atom. The highest BCUT2D eigenvalue weighted by Crippen LogP contribution is 2.22. The lowest BCUT2D eigenvalue weighted by Gasteiger charge is -2.10. The quantitative estimate of drug-likeness (QED) is 0.137. The molecule has 0 aliphatic rings. The summed E-state index contributed by atoms with van der Waals surface area (Å²) in [6, 6.07) is 12.6. The molecular formula is C20H18N3O5S+. The largest absolute Gasteiger partial charge is 0.502 e. The molecule has 0 aliphatic heterocycles. The summed E-state index contributed by atoms with van der Waals surface area (Å²) in [6.07, 6.45) is 4.81. The van der Waals surface area contributed by atoms with Crippen LogP contribution in [0.25, 0.3) is 11.5 Å². The fraction of sp³-hybridized carbons (Fsp3) is 0.100. The summed E-state index contributed by atoms with van der Waals surface area (Å²) in [6.45, 7) is 0.0933. The second kappa shape index (κ2) is 9.09. The van der Waals surface area contributed by atoms with Gasteiger partial charge in [0.2, 0.25) is 0 Å². The first kappa shape index (κ1) is 20.2. The molecule has 0 fully saturated rings. The summed E-state index contributed by atoms with van der Waals surface area (Å²) < 4.78 is 6.83. The van der Waals surface area contributed by atoms with Crippen molar-refractivity contribution in [3.05, 3.63) is 94.2 Å². The van der Waals surface area contributed by atoms with Crippen LogP contribution in [0.2, 0.25) is 0 Å². The number of nitro groups is 1. The Morgan fingerprint density at radius 3 is 2.76 bits per heavy atom. The number of nitrogens with one attached hydrogen (secondary N) is 1. The molecule has 0 unspecified atom stereocenters. The van der Waals surface area contributed by atoms with E-state index in [9.17, 15) is 20.3 Å². The lowest BCUT2D eigenvalue weighted by molar-refractivity contribution is -0.576. The molecule has 0 bridgehead atoms. The van der Waals surface area contributed by atoms with E-state index in [-0.39, 0.29) is 40.8 Å². The van der Waals surface area contributed by atoms with Gasteiger partial charge in [0.15, 0.2) is 23.1 Å². The predicted octanol–water partition coefficient (Wildman–Crippen LogP) is 2.97. The number of nitro benzene ring substituents is 1. The van der Waals surface area contributed by atoms with Crippen molar-refractivity contribution in [2.45, 2.75) is 13.2 Å². The van der Waals surface area contributed by atoms with Crippen LogP contribution in [-0.4, -0.2) is 20.1 Å². The van der Waals surface area contributed by atoms with E-state index in [1.807, 2.05) is 0 Å². The highest BCUT2D eigenvalue weighted by molar-refractivity contribution is 7.81. The SMILES string of the molecule is O=[N+]([O-])c1cccc(/C(O)=C(/C(=S)NCc2ccco2)[n+]2cccc(CO)c2)c1. The second-order valence-electron chi connectivity index (χ2n) is 6.04. The first-order chi connectivity index (χ1) is 14.0. The van der Waals surface area contributed by atoms with Gasteiger partial charge in [0.1, 0.15) is 5.76 Å². The van der Waals surface area contributed by atoms with Gasteiger partial charge < -0.3 is 19.9 Å². The van der Waals surface area contributed by atoms with Crippen LogP contribution < -0.4 is 9.88 Å². The molecule has 0 aliphatic carbocycles. The lowest BCUT2D eigenvalue weighted by Crippen LogP contribution is -2.41. The Morgan fingerprint density at radius 1 is 1.24 bits per heavy atom. The number of aromatic nitrogens is 1. The Kier molecular flexibility index (Phi) is 6.32. The third kappa shape index (κ3) is 4.84. The molecule has 3 N–H and O–H groups in total. The van der Waals surface area contributed by atoms with E-state index in [2.05, 4.69) is 5.32 Å². The maximum atomic E-state index is 11.1. The summed E-state index contributed by atoms with van der Waals surface area (Å²) in [7, 11) is 0. The third-order valence-corrected chi connectivity index (χ3v) is 4.41. The van der Waals surface area contributed by atoms with Crippen molar-refractivity contribution in [3.63, 3.8) is 0 Å². The Hall–Kier alpha value is -3.56. The topological polar surface area (TPSA) is 113 Å². The fourth-order valence-corrected chi connectivity index (χ4v) is 2.95. The van der Waals surface area contributed by atoms with Crippen LogP contribution in [0.15, 0.2) is 71.6 Å². The van der Waals surface area contributed by atoms with Gasteiger partial charge in [-0.25, -0.2) is 0 Å². The van der Waals surface area contributed by atoms with Crippen molar-refractivity contribution >= 4 is 34.3 Å². The van der Waals surface area contributed by atoms with E-state index < -0.39 is 4.92 Å². The molecule has 2 heterocycles. The summed E-state index contributed by atoms with van der Waals surface area (Å²) in [4.78, 5) is 10.8. The second-order valence-corrected chi connectivity index (χ2v) is 6.45. The molecule has 148 valence electrons. The molecule has 3 rings (SSSR count). The standard InChI is InChI=1S/C20H17N3O5S/c24-13-14-4-2-8-22(12-14)18(20(29)21-11-17-7-3-9-28-17)19(25)15-5-1-6-16(10-15)23(26)27/h1-10,12,24H,11,13H2,(H-,21,25,29)/p+1. The Labute approximate surface area is 171 Å². The van der Waals surface area contributed by atoms with Gasteiger partial charge in [-0.15, -0.1) is 0 Å². The molecule has 8 nitrogen and oxygen atoms in total. The molecular weight excluding hydrogens is 394 g/mol. The van der Waals surface area contributed by atoms with Gasteiger partial charge in [-0.05, 0) is 18.2 Å². The van der Waals surface area contributed by atoms with Crippen LogP contribution in [0.5, 0.6) is 0 Å². The van der Waals surface area contributed by atoms with E-state index in [1.54, 1.807) is 47.3 Å². The summed E-state index contributed by atoms with van der Waals surface area (Å²) in [5.74, 6) is 0.404. The number of hydrogen-bond donors (Lipinski definition) is 3. The average molecular weight is 412 g/mol. The number of aliphatic hydroxyl groups excluding tert-OH is 2. The first-order valence-electron chi connectivity index (χ1n) is 8.59. The first-order valence-corrected chi connectivity index (χ1v) is 9.00. The maximum Gasteiger partial charge on any atom is 0.288 e. The van der Waals surface area contributed by atoms with E-state index in [4.69, 9.17) is 16.6 Å². The number of rotatable bonds is 7. The van der Waals surface area contributed by atoms with Crippen LogP contribution >= 0.6 is 12.2 Å². The molecule has 1 aromatic carbocycles. The zero-order valence-electron chi connectivity index (χ0n) is 15.2. The van der Waals surface area contributed by atoms with Crippen molar-refractivity contribution in [1.82, 2.24) is 5.32 Å². The Bertz CT molecular complexity index is 1060. The fourth-order valence-electron chi connectivity index (χ4n) is 2.67. The van der Waals surface area contributed by atoms with Gasteiger partial charge in [-0.1, -0.05) is 24.4 Å². The molecule has 0 amide bonds. The monoisotopic (exact) mass is 412 g/mol.